The van der Waals surface area contributed by atoms with Crippen LogP contribution in [0, 0.1) is 18.3 Å². The van der Waals surface area contributed by atoms with E-state index in [2.05, 4.69) is 5.32 Å². The highest BCUT2D eigenvalue weighted by Crippen LogP contribution is 2.33. The van der Waals surface area contributed by atoms with Gasteiger partial charge in [0.15, 0.2) is 11.5 Å². The minimum atomic E-state index is -0.644. The molecule has 0 spiro atoms. The lowest BCUT2D eigenvalue weighted by atomic mass is 10.1. The molecule has 8 heteroatoms. The molecular formula is C19H18N2O5S. The van der Waals surface area contributed by atoms with Crippen molar-refractivity contribution in [3.8, 4) is 17.6 Å². The van der Waals surface area contributed by atoms with Gasteiger partial charge in [-0.1, -0.05) is 12.1 Å². The first-order valence-corrected chi connectivity index (χ1v) is 8.59. The van der Waals surface area contributed by atoms with E-state index < -0.39 is 11.9 Å². The number of nitriles is 1. The van der Waals surface area contributed by atoms with Crippen LogP contribution < -0.4 is 14.8 Å². The number of esters is 1. The van der Waals surface area contributed by atoms with Gasteiger partial charge in [-0.25, -0.2) is 4.79 Å². The molecule has 2 aromatic rings. The number of hydrogen-bond donors (Lipinski definition) is 1. The summed E-state index contributed by atoms with van der Waals surface area (Å²) in [4.78, 5) is 25.2. The summed E-state index contributed by atoms with van der Waals surface area (Å²) in [5.74, 6) is -0.324. The molecule has 1 amide bonds. The van der Waals surface area contributed by atoms with Gasteiger partial charge in [-0.05, 0) is 25.1 Å². The van der Waals surface area contributed by atoms with Gasteiger partial charge in [-0.3, -0.25) is 4.79 Å². The number of methoxy groups -OCH3 is 3. The van der Waals surface area contributed by atoms with Crippen LogP contribution in [0.15, 0.2) is 29.8 Å². The topological polar surface area (TPSA) is 97.7 Å². The molecule has 0 radical (unpaired) electrons. The minimum Gasteiger partial charge on any atom is -0.493 e. The number of benzene rings is 1. The number of nitrogens with one attached hydrogen (secondary N) is 1. The number of para-hydroxylation sites is 1. The fourth-order valence-corrected chi connectivity index (χ4v) is 3.26. The summed E-state index contributed by atoms with van der Waals surface area (Å²) < 4.78 is 15.2. The van der Waals surface area contributed by atoms with Crippen LogP contribution in [-0.4, -0.2) is 33.2 Å². The van der Waals surface area contributed by atoms with Gasteiger partial charge in [0.2, 0.25) is 0 Å². The molecular weight excluding hydrogens is 368 g/mol. The zero-order chi connectivity index (χ0) is 20.0. The van der Waals surface area contributed by atoms with Crippen molar-refractivity contribution in [1.82, 2.24) is 0 Å². The lowest BCUT2D eigenvalue weighted by Gasteiger charge is -2.10. The standard InChI is InChI=1S/C19H18N2O5S/c1-11-8-14(19(23)26-4)18(27-11)21-17(22)13(10-20)9-12-6-5-7-15(24-2)16(12)25-3/h5-9H,1-4H3,(H,21,22). The first-order valence-electron chi connectivity index (χ1n) is 7.78. The Kier molecular flexibility index (Phi) is 6.57. The smallest absolute Gasteiger partial charge is 0.340 e. The summed E-state index contributed by atoms with van der Waals surface area (Å²) >= 11 is 1.22. The van der Waals surface area contributed by atoms with Crippen molar-refractivity contribution >= 4 is 34.3 Å². The van der Waals surface area contributed by atoms with E-state index in [0.29, 0.717) is 22.1 Å². The molecule has 0 aliphatic heterocycles. The van der Waals surface area contributed by atoms with Crippen LogP contribution >= 0.6 is 11.3 Å². The highest BCUT2D eigenvalue weighted by atomic mass is 32.1. The molecule has 0 fully saturated rings. The second-order valence-corrected chi connectivity index (χ2v) is 6.55. The van der Waals surface area contributed by atoms with Crippen molar-refractivity contribution < 1.29 is 23.8 Å². The highest BCUT2D eigenvalue weighted by molar-refractivity contribution is 7.16. The van der Waals surface area contributed by atoms with Crippen molar-refractivity contribution in [2.24, 2.45) is 0 Å². The third-order valence-corrected chi connectivity index (χ3v) is 4.55. The van der Waals surface area contributed by atoms with Crippen LogP contribution in [0.25, 0.3) is 6.08 Å². The average molecular weight is 386 g/mol. The first-order chi connectivity index (χ1) is 12.9. The van der Waals surface area contributed by atoms with Gasteiger partial charge in [-0.2, -0.15) is 5.26 Å². The average Bonchev–Trinajstić information content (AvgIpc) is 3.04. The van der Waals surface area contributed by atoms with Crippen LogP contribution in [0.1, 0.15) is 20.8 Å². The molecule has 0 aliphatic carbocycles. The molecule has 0 unspecified atom stereocenters. The number of rotatable bonds is 6. The highest BCUT2D eigenvalue weighted by Gasteiger charge is 2.19. The Labute approximate surface area is 160 Å². The van der Waals surface area contributed by atoms with E-state index in [4.69, 9.17) is 14.2 Å². The largest absolute Gasteiger partial charge is 0.493 e. The summed E-state index contributed by atoms with van der Waals surface area (Å²) in [5.41, 5.74) is 0.604. The first kappa shape index (κ1) is 20.0. The summed E-state index contributed by atoms with van der Waals surface area (Å²) in [6.07, 6.45) is 1.40. The van der Waals surface area contributed by atoms with E-state index in [-0.39, 0.29) is 11.1 Å². The maximum absolute atomic E-state index is 12.6. The molecule has 7 nitrogen and oxygen atoms in total. The van der Waals surface area contributed by atoms with Gasteiger partial charge < -0.3 is 19.5 Å². The van der Waals surface area contributed by atoms with E-state index in [1.807, 2.05) is 6.07 Å². The molecule has 1 heterocycles. The van der Waals surface area contributed by atoms with Crippen LogP contribution in [0.5, 0.6) is 11.5 Å². The zero-order valence-electron chi connectivity index (χ0n) is 15.3. The molecule has 140 valence electrons. The summed E-state index contributed by atoms with van der Waals surface area (Å²) in [6, 6.07) is 8.61. The number of amides is 1. The van der Waals surface area contributed by atoms with Crippen molar-refractivity contribution in [3.05, 3.63) is 45.8 Å². The quantitative estimate of drug-likeness (QED) is 0.464. The Balaban J connectivity index is 2.37. The number of aryl methyl sites for hydroxylation is 1. The Bertz CT molecular complexity index is 940. The predicted octanol–water partition coefficient (Wildman–Crippen LogP) is 3.41. The summed E-state index contributed by atoms with van der Waals surface area (Å²) in [7, 11) is 4.23. The molecule has 27 heavy (non-hydrogen) atoms. The summed E-state index contributed by atoms with van der Waals surface area (Å²) in [5, 5.41) is 12.3. The molecule has 0 bridgehead atoms. The number of carbonyl (C=O) groups excluding carboxylic acids is 2. The van der Waals surface area contributed by atoms with Gasteiger partial charge in [-0.15, -0.1) is 11.3 Å². The lowest BCUT2D eigenvalue weighted by molar-refractivity contribution is -0.112. The van der Waals surface area contributed by atoms with Crippen molar-refractivity contribution in [3.63, 3.8) is 0 Å². The lowest BCUT2D eigenvalue weighted by Crippen LogP contribution is -2.15. The van der Waals surface area contributed by atoms with E-state index >= 15 is 0 Å². The molecule has 0 atom stereocenters. The fourth-order valence-electron chi connectivity index (χ4n) is 2.37. The molecule has 0 aliphatic rings. The molecule has 1 aromatic heterocycles. The Morgan fingerprint density at radius 3 is 2.56 bits per heavy atom. The van der Waals surface area contributed by atoms with E-state index in [1.165, 1.54) is 38.7 Å². The third kappa shape index (κ3) is 4.46. The van der Waals surface area contributed by atoms with Crippen molar-refractivity contribution in [2.45, 2.75) is 6.92 Å². The minimum absolute atomic E-state index is 0.150. The van der Waals surface area contributed by atoms with E-state index in [1.54, 1.807) is 31.2 Å². The SMILES string of the molecule is COC(=O)c1cc(C)sc1NC(=O)C(C#N)=Cc1cccc(OC)c1OC. The zero-order valence-corrected chi connectivity index (χ0v) is 16.1. The van der Waals surface area contributed by atoms with Crippen LogP contribution in [-0.2, 0) is 9.53 Å². The van der Waals surface area contributed by atoms with Crippen LogP contribution in [0.2, 0.25) is 0 Å². The fraction of sp³-hybridized carbons (Fsp3) is 0.211. The van der Waals surface area contributed by atoms with Crippen molar-refractivity contribution in [1.29, 1.82) is 5.26 Å². The number of carbonyl (C=O) groups is 2. The number of thiophene rings is 1. The van der Waals surface area contributed by atoms with E-state index in [0.717, 1.165) is 4.88 Å². The van der Waals surface area contributed by atoms with Gasteiger partial charge in [0, 0.05) is 10.4 Å². The molecule has 2 rings (SSSR count). The molecule has 1 N–H and O–H groups in total. The molecule has 0 saturated heterocycles. The van der Waals surface area contributed by atoms with Crippen molar-refractivity contribution in [2.75, 3.05) is 26.6 Å². The van der Waals surface area contributed by atoms with Crippen LogP contribution in [0.4, 0.5) is 5.00 Å². The Morgan fingerprint density at radius 2 is 1.96 bits per heavy atom. The maximum atomic E-state index is 12.6. The second kappa shape index (κ2) is 8.87. The third-order valence-electron chi connectivity index (χ3n) is 3.59. The maximum Gasteiger partial charge on any atom is 0.340 e. The number of nitrogens with zero attached hydrogens (tertiary/aromatic N) is 1. The number of ether oxygens (including phenoxy) is 3. The monoisotopic (exact) mass is 386 g/mol. The van der Waals surface area contributed by atoms with Crippen LogP contribution in [0.3, 0.4) is 0 Å². The summed E-state index contributed by atoms with van der Waals surface area (Å²) in [6.45, 7) is 1.80. The second-order valence-electron chi connectivity index (χ2n) is 5.30. The van der Waals surface area contributed by atoms with Gasteiger partial charge in [0.05, 0.1) is 26.9 Å². The molecule has 0 saturated carbocycles. The Morgan fingerprint density at radius 1 is 1.22 bits per heavy atom. The van der Waals surface area contributed by atoms with Gasteiger partial charge in [0.25, 0.3) is 5.91 Å². The number of anilines is 1. The normalized spacial score (nSPS) is 10.7. The predicted molar refractivity (Wildman–Crippen MR) is 102 cm³/mol. The number of hydrogen-bond acceptors (Lipinski definition) is 7. The van der Waals surface area contributed by atoms with E-state index in [9.17, 15) is 14.9 Å². The van der Waals surface area contributed by atoms with Gasteiger partial charge >= 0.3 is 5.97 Å². The molecule has 1 aromatic carbocycles. The Hall–Kier alpha value is -3.31. The van der Waals surface area contributed by atoms with Gasteiger partial charge in [0.1, 0.15) is 16.6 Å².